The summed E-state index contributed by atoms with van der Waals surface area (Å²) >= 11 is 0. The van der Waals surface area contributed by atoms with Crippen LogP contribution in [-0.2, 0) is 0 Å². The van der Waals surface area contributed by atoms with E-state index >= 15 is 0 Å². The molecule has 0 unspecified atom stereocenters. The molecular weight excluding hydrogens is 214 g/mol. The van der Waals surface area contributed by atoms with Gasteiger partial charge in [0.05, 0.1) is 18.8 Å². The van der Waals surface area contributed by atoms with Gasteiger partial charge in [0, 0.05) is 23.2 Å². The monoisotopic (exact) mass is 225 g/mol. The van der Waals surface area contributed by atoms with Gasteiger partial charge in [0.25, 0.3) is 0 Å². The number of nitrogens with one attached hydrogen (secondary N) is 1. The number of ether oxygens (including phenoxy) is 1. The summed E-state index contributed by atoms with van der Waals surface area (Å²) in [4.78, 5) is 4.20. The van der Waals surface area contributed by atoms with Crippen LogP contribution in [-0.4, -0.2) is 22.3 Å². The van der Waals surface area contributed by atoms with Gasteiger partial charge < -0.3 is 4.74 Å². The highest BCUT2D eigenvalue weighted by Crippen LogP contribution is 2.23. The normalized spacial score (nSPS) is 10.6. The molecule has 17 heavy (non-hydrogen) atoms. The van der Waals surface area contributed by atoms with E-state index in [0.717, 1.165) is 22.0 Å². The first-order chi connectivity index (χ1) is 8.36. The Hall–Kier alpha value is -2.36. The van der Waals surface area contributed by atoms with Gasteiger partial charge in [0.15, 0.2) is 0 Å². The Morgan fingerprint density at radius 3 is 2.71 bits per heavy atom. The predicted molar refractivity (Wildman–Crippen MR) is 65.9 cm³/mol. The zero-order chi connectivity index (χ0) is 11.7. The molecule has 4 heteroatoms. The average molecular weight is 225 g/mol. The quantitative estimate of drug-likeness (QED) is 0.729. The number of benzene rings is 1. The Morgan fingerprint density at radius 2 is 1.94 bits per heavy atom. The Kier molecular flexibility index (Phi) is 2.26. The number of hydrogen-bond donors (Lipinski definition) is 1. The number of H-pyrrole nitrogens is 1. The van der Waals surface area contributed by atoms with Crippen LogP contribution in [0.25, 0.3) is 22.0 Å². The standard InChI is InChI=1S/C13H11N3O/c1-17-13-5-3-10(7-14-13)9-2-4-12-11(6-9)8-15-16-12/h2-8H,1H3,(H,15,16). The summed E-state index contributed by atoms with van der Waals surface area (Å²) in [7, 11) is 1.61. The highest BCUT2D eigenvalue weighted by molar-refractivity contribution is 5.83. The van der Waals surface area contributed by atoms with Gasteiger partial charge in [0.2, 0.25) is 5.88 Å². The van der Waals surface area contributed by atoms with Gasteiger partial charge in [-0.3, -0.25) is 5.10 Å². The van der Waals surface area contributed by atoms with Gasteiger partial charge >= 0.3 is 0 Å². The minimum absolute atomic E-state index is 0.623. The van der Waals surface area contributed by atoms with E-state index in [1.165, 1.54) is 0 Å². The smallest absolute Gasteiger partial charge is 0.212 e. The number of aromatic amines is 1. The summed E-state index contributed by atoms with van der Waals surface area (Å²) in [5, 5.41) is 8.03. The van der Waals surface area contributed by atoms with E-state index < -0.39 is 0 Å². The molecule has 1 aromatic carbocycles. The molecule has 1 N–H and O–H groups in total. The fourth-order valence-electron chi connectivity index (χ4n) is 1.79. The van der Waals surface area contributed by atoms with E-state index in [1.54, 1.807) is 13.3 Å². The van der Waals surface area contributed by atoms with Crippen LogP contribution in [0.1, 0.15) is 0 Å². The van der Waals surface area contributed by atoms with Crippen molar-refractivity contribution in [3.05, 3.63) is 42.7 Å². The van der Waals surface area contributed by atoms with Crippen molar-refractivity contribution >= 4 is 10.9 Å². The van der Waals surface area contributed by atoms with Crippen LogP contribution >= 0.6 is 0 Å². The second kappa shape index (κ2) is 3.90. The Balaban J connectivity index is 2.06. The van der Waals surface area contributed by atoms with Gasteiger partial charge in [0.1, 0.15) is 0 Å². The summed E-state index contributed by atoms with van der Waals surface area (Å²) in [5.74, 6) is 0.623. The SMILES string of the molecule is COc1ccc(-c2ccc3[nH]ncc3c2)cn1. The van der Waals surface area contributed by atoms with Crippen LogP contribution in [0.15, 0.2) is 42.7 Å². The molecule has 84 valence electrons. The second-order valence-corrected chi connectivity index (χ2v) is 3.76. The number of rotatable bonds is 2. The van der Waals surface area contributed by atoms with Crippen LogP contribution in [0.5, 0.6) is 5.88 Å². The molecule has 2 aromatic heterocycles. The summed E-state index contributed by atoms with van der Waals surface area (Å²) in [5.41, 5.74) is 3.22. The molecule has 3 aromatic rings. The van der Waals surface area contributed by atoms with Gasteiger partial charge in [-0.25, -0.2) is 4.98 Å². The molecule has 3 rings (SSSR count). The first-order valence-electron chi connectivity index (χ1n) is 5.30. The van der Waals surface area contributed by atoms with Crippen molar-refractivity contribution < 1.29 is 4.74 Å². The third-order valence-electron chi connectivity index (χ3n) is 2.72. The van der Waals surface area contributed by atoms with Crippen molar-refractivity contribution in [1.82, 2.24) is 15.2 Å². The molecule has 4 nitrogen and oxygen atoms in total. The predicted octanol–water partition coefficient (Wildman–Crippen LogP) is 2.63. The lowest BCUT2D eigenvalue weighted by Gasteiger charge is -2.02. The Labute approximate surface area is 98.3 Å². The zero-order valence-electron chi connectivity index (χ0n) is 9.34. The minimum Gasteiger partial charge on any atom is -0.481 e. The van der Waals surface area contributed by atoms with Gasteiger partial charge in [-0.1, -0.05) is 6.07 Å². The van der Waals surface area contributed by atoms with E-state index in [0.29, 0.717) is 5.88 Å². The summed E-state index contributed by atoms with van der Waals surface area (Å²) in [6.07, 6.45) is 3.62. The van der Waals surface area contributed by atoms with Crippen LogP contribution in [0.2, 0.25) is 0 Å². The first-order valence-corrected chi connectivity index (χ1v) is 5.30. The number of aromatic nitrogens is 3. The van der Waals surface area contributed by atoms with Crippen LogP contribution in [0, 0.1) is 0 Å². The molecule has 0 bridgehead atoms. The van der Waals surface area contributed by atoms with Crippen molar-refractivity contribution in [2.75, 3.05) is 7.11 Å². The topological polar surface area (TPSA) is 50.8 Å². The number of fused-ring (bicyclic) bond motifs is 1. The summed E-state index contributed by atoms with van der Waals surface area (Å²) < 4.78 is 5.04. The van der Waals surface area contributed by atoms with Gasteiger partial charge in [-0.15, -0.1) is 0 Å². The van der Waals surface area contributed by atoms with Crippen LogP contribution < -0.4 is 4.74 Å². The third-order valence-corrected chi connectivity index (χ3v) is 2.72. The maximum Gasteiger partial charge on any atom is 0.212 e. The molecule has 0 fully saturated rings. The molecule has 0 amide bonds. The highest BCUT2D eigenvalue weighted by Gasteiger charge is 2.01. The number of methoxy groups -OCH3 is 1. The number of pyridine rings is 1. The minimum atomic E-state index is 0.623. The second-order valence-electron chi connectivity index (χ2n) is 3.76. The van der Waals surface area contributed by atoms with Crippen molar-refractivity contribution in [1.29, 1.82) is 0 Å². The first kappa shape index (κ1) is 9.84. The lowest BCUT2D eigenvalue weighted by molar-refractivity contribution is 0.398. The van der Waals surface area contributed by atoms with Crippen LogP contribution in [0.4, 0.5) is 0 Å². The molecule has 0 radical (unpaired) electrons. The zero-order valence-corrected chi connectivity index (χ0v) is 9.34. The van der Waals surface area contributed by atoms with Crippen molar-refractivity contribution in [3.8, 4) is 17.0 Å². The van der Waals surface area contributed by atoms with E-state index in [9.17, 15) is 0 Å². The van der Waals surface area contributed by atoms with E-state index in [2.05, 4.69) is 21.2 Å². The maximum absolute atomic E-state index is 5.04. The summed E-state index contributed by atoms with van der Waals surface area (Å²) in [6.45, 7) is 0. The Morgan fingerprint density at radius 1 is 1.06 bits per heavy atom. The number of nitrogens with zero attached hydrogens (tertiary/aromatic N) is 2. The lowest BCUT2D eigenvalue weighted by Crippen LogP contribution is -1.87. The fourth-order valence-corrected chi connectivity index (χ4v) is 1.79. The molecule has 0 aliphatic rings. The van der Waals surface area contributed by atoms with Crippen molar-refractivity contribution in [2.45, 2.75) is 0 Å². The molecule has 0 aliphatic heterocycles. The maximum atomic E-state index is 5.04. The highest BCUT2D eigenvalue weighted by atomic mass is 16.5. The molecule has 0 spiro atoms. The van der Waals surface area contributed by atoms with E-state index in [-0.39, 0.29) is 0 Å². The van der Waals surface area contributed by atoms with E-state index in [1.807, 2.05) is 30.5 Å². The molecule has 0 aliphatic carbocycles. The lowest BCUT2D eigenvalue weighted by atomic mass is 10.1. The molecule has 0 atom stereocenters. The Bertz CT molecular complexity index is 643. The van der Waals surface area contributed by atoms with Gasteiger partial charge in [-0.05, 0) is 23.8 Å². The third kappa shape index (κ3) is 1.73. The molecule has 2 heterocycles. The van der Waals surface area contributed by atoms with Gasteiger partial charge in [-0.2, -0.15) is 5.10 Å². The summed E-state index contributed by atoms with van der Waals surface area (Å²) in [6, 6.07) is 10.00. The largest absolute Gasteiger partial charge is 0.481 e. The molecule has 0 saturated heterocycles. The van der Waals surface area contributed by atoms with Crippen LogP contribution in [0.3, 0.4) is 0 Å². The molecule has 0 saturated carbocycles. The van der Waals surface area contributed by atoms with Crippen molar-refractivity contribution in [2.24, 2.45) is 0 Å². The number of hydrogen-bond acceptors (Lipinski definition) is 3. The molecular formula is C13H11N3O. The van der Waals surface area contributed by atoms with E-state index in [4.69, 9.17) is 4.74 Å². The van der Waals surface area contributed by atoms with Crippen molar-refractivity contribution in [3.63, 3.8) is 0 Å². The average Bonchev–Trinajstić information content (AvgIpc) is 2.86. The fraction of sp³-hybridized carbons (Fsp3) is 0.0769.